The molecule has 0 aromatic carbocycles. The van der Waals surface area contributed by atoms with Crippen molar-refractivity contribution in [1.82, 2.24) is 10.6 Å². The molecule has 0 radical (unpaired) electrons. The van der Waals surface area contributed by atoms with Crippen molar-refractivity contribution >= 4 is 5.91 Å². The summed E-state index contributed by atoms with van der Waals surface area (Å²) in [7, 11) is 0. The molecular formula is C14H28N2O2. The van der Waals surface area contributed by atoms with E-state index < -0.39 is 0 Å². The number of hydrogen-bond donors (Lipinski definition) is 2. The van der Waals surface area contributed by atoms with Gasteiger partial charge in [-0.1, -0.05) is 20.8 Å². The lowest BCUT2D eigenvalue weighted by Crippen LogP contribution is -2.51. The van der Waals surface area contributed by atoms with Crippen molar-refractivity contribution in [2.24, 2.45) is 11.8 Å². The average molecular weight is 256 g/mol. The summed E-state index contributed by atoms with van der Waals surface area (Å²) in [6.07, 6.45) is 3.20. The van der Waals surface area contributed by atoms with Gasteiger partial charge in [-0.2, -0.15) is 0 Å². The normalized spacial score (nSPS) is 24.2. The molecule has 1 fully saturated rings. The summed E-state index contributed by atoms with van der Waals surface area (Å²) >= 11 is 0. The molecule has 1 aliphatic rings. The molecule has 0 aromatic rings. The Hall–Kier alpha value is -0.610. The summed E-state index contributed by atoms with van der Waals surface area (Å²) in [6, 6.07) is -0.00432. The largest absolute Gasteiger partial charge is 0.381 e. The molecule has 1 saturated heterocycles. The number of rotatable bonds is 7. The molecule has 0 aliphatic carbocycles. The number of hydrogen-bond acceptors (Lipinski definition) is 3. The van der Waals surface area contributed by atoms with Gasteiger partial charge in [0.05, 0.1) is 6.04 Å². The van der Waals surface area contributed by atoms with Gasteiger partial charge in [-0.25, -0.2) is 0 Å². The molecule has 0 spiro atoms. The fourth-order valence-electron chi connectivity index (χ4n) is 2.22. The smallest absolute Gasteiger partial charge is 0.237 e. The first-order valence-corrected chi connectivity index (χ1v) is 7.20. The number of ether oxygens (including phenoxy) is 1. The highest BCUT2D eigenvalue weighted by Crippen LogP contribution is 2.15. The maximum atomic E-state index is 11.9. The Morgan fingerprint density at radius 2 is 2.28 bits per heavy atom. The topological polar surface area (TPSA) is 50.4 Å². The zero-order valence-corrected chi connectivity index (χ0v) is 12.0. The second-order valence-electron chi connectivity index (χ2n) is 5.66. The van der Waals surface area contributed by atoms with Crippen molar-refractivity contribution in [1.29, 1.82) is 0 Å². The number of carbonyl (C=O) groups is 1. The minimum atomic E-state index is -0.00432. The van der Waals surface area contributed by atoms with Gasteiger partial charge in [0.15, 0.2) is 0 Å². The monoisotopic (exact) mass is 256 g/mol. The highest BCUT2D eigenvalue weighted by molar-refractivity contribution is 5.82. The van der Waals surface area contributed by atoms with Crippen LogP contribution in [-0.4, -0.2) is 38.3 Å². The van der Waals surface area contributed by atoms with Gasteiger partial charge < -0.3 is 15.4 Å². The van der Waals surface area contributed by atoms with Crippen LogP contribution in [0.25, 0.3) is 0 Å². The molecule has 1 amide bonds. The highest BCUT2D eigenvalue weighted by Gasteiger charge is 2.26. The van der Waals surface area contributed by atoms with Gasteiger partial charge in [0, 0.05) is 19.8 Å². The van der Waals surface area contributed by atoms with Gasteiger partial charge in [0.25, 0.3) is 0 Å². The Balaban J connectivity index is 2.06. The van der Waals surface area contributed by atoms with Crippen LogP contribution in [0.3, 0.4) is 0 Å². The predicted octanol–water partition coefficient (Wildman–Crippen LogP) is 1.55. The van der Waals surface area contributed by atoms with E-state index >= 15 is 0 Å². The molecule has 0 saturated carbocycles. The summed E-state index contributed by atoms with van der Waals surface area (Å²) in [5.41, 5.74) is 0. The van der Waals surface area contributed by atoms with Crippen molar-refractivity contribution in [2.75, 3.05) is 26.3 Å². The van der Waals surface area contributed by atoms with Crippen LogP contribution in [0.1, 0.15) is 40.0 Å². The van der Waals surface area contributed by atoms with Gasteiger partial charge in [-0.3, -0.25) is 4.79 Å². The van der Waals surface area contributed by atoms with Crippen LogP contribution in [0, 0.1) is 11.8 Å². The first-order valence-electron chi connectivity index (χ1n) is 7.20. The van der Waals surface area contributed by atoms with E-state index in [-0.39, 0.29) is 11.9 Å². The maximum Gasteiger partial charge on any atom is 0.237 e. The second-order valence-corrected chi connectivity index (χ2v) is 5.66. The predicted molar refractivity (Wildman–Crippen MR) is 73.5 cm³/mol. The number of amides is 1. The van der Waals surface area contributed by atoms with Crippen molar-refractivity contribution in [3.05, 3.63) is 0 Å². The number of carbonyl (C=O) groups excluding carboxylic acids is 1. The average Bonchev–Trinajstić information content (AvgIpc) is 2.33. The summed E-state index contributed by atoms with van der Waals surface area (Å²) in [5.74, 6) is 1.16. The molecule has 2 N–H and O–H groups in total. The minimum absolute atomic E-state index is 0.00432. The van der Waals surface area contributed by atoms with E-state index in [1.54, 1.807) is 0 Å². The van der Waals surface area contributed by atoms with Gasteiger partial charge in [0.2, 0.25) is 5.91 Å². The third-order valence-corrected chi connectivity index (χ3v) is 3.27. The minimum Gasteiger partial charge on any atom is -0.381 e. The lowest BCUT2D eigenvalue weighted by atomic mass is 9.92. The fourth-order valence-corrected chi connectivity index (χ4v) is 2.22. The maximum absolute atomic E-state index is 11.9. The molecular weight excluding hydrogens is 228 g/mol. The molecule has 0 bridgehead atoms. The lowest BCUT2D eigenvalue weighted by molar-refractivity contribution is -0.124. The van der Waals surface area contributed by atoms with Gasteiger partial charge >= 0.3 is 0 Å². The molecule has 4 heteroatoms. The fraction of sp³-hybridized carbons (Fsp3) is 0.929. The van der Waals surface area contributed by atoms with Crippen LogP contribution < -0.4 is 10.6 Å². The van der Waals surface area contributed by atoms with E-state index in [1.165, 1.54) is 6.42 Å². The highest BCUT2D eigenvalue weighted by atomic mass is 16.5. The van der Waals surface area contributed by atoms with E-state index in [1.807, 2.05) is 0 Å². The zero-order chi connectivity index (χ0) is 13.4. The van der Waals surface area contributed by atoms with Crippen LogP contribution >= 0.6 is 0 Å². The summed E-state index contributed by atoms with van der Waals surface area (Å²) < 4.78 is 5.48. The standard InChI is InChI=1S/C14H28N2O2/c1-11(2)10-18-9-5-8-16-14(17)13-12(3)6-4-7-15-13/h11-13,15H,4-10H2,1-3H3,(H,16,17). The van der Waals surface area contributed by atoms with Crippen molar-refractivity contribution in [3.8, 4) is 0 Å². The lowest BCUT2D eigenvalue weighted by Gasteiger charge is -2.28. The van der Waals surface area contributed by atoms with Gasteiger partial charge in [-0.05, 0) is 37.6 Å². The molecule has 106 valence electrons. The van der Waals surface area contributed by atoms with Crippen LogP contribution in [0.5, 0.6) is 0 Å². The van der Waals surface area contributed by atoms with Crippen molar-refractivity contribution < 1.29 is 9.53 Å². The Labute approximate surface area is 111 Å². The van der Waals surface area contributed by atoms with E-state index in [9.17, 15) is 4.79 Å². The Morgan fingerprint density at radius 3 is 2.94 bits per heavy atom. The van der Waals surface area contributed by atoms with E-state index in [0.717, 1.165) is 32.6 Å². The Bertz CT molecular complexity index is 244. The first kappa shape index (κ1) is 15.4. The Kier molecular flexibility index (Phi) is 7.28. The number of nitrogens with one attached hydrogen (secondary N) is 2. The van der Waals surface area contributed by atoms with Crippen LogP contribution in [0.2, 0.25) is 0 Å². The second kappa shape index (κ2) is 8.48. The molecule has 1 heterocycles. The third kappa shape index (κ3) is 5.83. The summed E-state index contributed by atoms with van der Waals surface area (Å²) in [6.45, 7) is 9.61. The van der Waals surface area contributed by atoms with E-state index in [2.05, 4.69) is 31.4 Å². The molecule has 0 aromatic heterocycles. The molecule has 18 heavy (non-hydrogen) atoms. The van der Waals surface area contributed by atoms with Crippen molar-refractivity contribution in [3.63, 3.8) is 0 Å². The molecule has 2 atom stereocenters. The molecule has 4 nitrogen and oxygen atoms in total. The Morgan fingerprint density at radius 1 is 1.50 bits per heavy atom. The van der Waals surface area contributed by atoms with Crippen LogP contribution in [-0.2, 0) is 9.53 Å². The van der Waals surface area contributed by atoms with Crippen LogP contribution in [0.15, 0.2) is 0 Å². The zero-order valence-electron chi connectivity index (χ0n) is 12.0. The molecule has 1 rings (SSSR count). The number of piperidine rings is 1. The van der Waals surface area contributed by atoms with Gasteiger partial charge in [-0.15, -0.1) is 0 Å². The molecule has 2 unspecified atom stereocenters. The first-order chi connectivity index (χ1) is 8.61. The third-order valence-electron chi connectivity index (χ3n) is 3.27. The van der Waals surface area contributed by atoms with E-state index in [4.69, 9.17) is 4.74 Å². The van der Waals surface area contributed by atoms with Crippen LogP contribution in [0.4, 0.5) is 0 Å². The van der Waals surface area contributed by atoms with Gasteiger partial charge in [0.1, 0.15) is 0 Å². The van der Waals surface area contributed by atoms with E-state index in [0.29, 0.717) is 18.4 Å². The molecule has 1 aliphatic heterocycles. The quantitative estimate of drug-likeness (QED) is 0.680. The summed E-state index contributed by atoms with van der Waals surface area (Å²) in [5, 5.41) is 6.28. The van der Waals surface area contributed by atoms with Crippen molar-refractivity contribution in [2.45, 2.75) is 46.1 Å². The SMILES string of the molecule is CC(C)COCCCNC(=O)C1NCCCC1C. The summed E-state index contributed by atoms with van der Waals surface area (Å²) in [4.78, 5) is 11.9.